The summed E-state index contributed by atoms with van der Waals surface area (Å²) < 4.78 is 0. The van der Waals surface area contributed by atoms with Gasteiger partial charge in [0.25, 0.3) is 0 Å². The van der Waals surface area contributed by atoms with Crippen molar-refractivity contribution in [2.45, 2.75) is 6.42 Å². The molecule has 0 aliphatic heterocycles. The van der Waals surface area contributed by atoms with E-state index < -0.39 is 5.97 Å². The Bertz CT molecular complexity index is 461. The van der Waals surface area contributed by atoms with Gasteiger partial charge in [0.15, 0.2) is 0 Å². The van der Waals surface area contributed by atoms with Crippen molar-refractivity contribution in [1.82, 2.24) is 4.90 Å². The highest BCUT2D eigenvalue weighted by Crippen LogP contribution is 2.21. The lowest BCUT2D eigenvalue weighted by molar-refractivity contribution is -0.116. The number of aromatic carboxylic acids is 1. The van der Waals surface area contributed by atoms with Crippen LogP contribution in [0.3, 0.4) is 0 Å². The normalized spacial score (nSPS) is 10.4. The monoisotopic (exact) mass is 270 g/mol. The minimum absolute atomic E-state index is 0.0166. The van der Waals surface area contributed by atoms with Gasteiger partial charge < -0.3 is 15.3 Å². The molecule has 0 bridgehead atoms. The molecule has 18 heavy (non-hydrogen) atoms. The van der Waals surface area contributed by atoms with E-state index in [2.05, 4.69) is 5.32 Å². The van der Waals surface area contributed by atoms with Gasteiger partial charge in [-0.15, -0.1) is 0 Å². The SMILES string of the molecule is CN(C)CCC(=O)Nc1ccc(C(=O)O)c(Cl)c1. The minimum atomic E-state index is -1.09. The summed E-state index contributed by atoms with van der Waals surface area (Å²) in [6.07, 6.45) is 0.366. The van der Waals surface area contributed by atoms with Gasteiger partial charge in [-0.05, 0) is 32.3 Å². The van der Waals surface area contributed by atoms with Crippen molar-refractivity contribution in [2.24, 2.45) is 0 Å². The Morgan fingerprint density at radius 3 is 2.56 bits per heavy atom. The van der Waals surface area contributed by atoms with E-state index in [1.165, 1.54) is 18.2 Å². The maximum Gasteiger partial charge on any atom is 0.337 e. The first-order valence-electron chi connectivity index (χ1n) is 5.37. The number of amides is 1. The summed E-state index contributed by atoms with van der Waals surface area (Å²) in [5, 5.41) is 11.6. The van der Waals surface area contributed by atoms with Crippen LogP contribution in [0.1, 0.15) is 16.8 Å². The van der Waals surface area contributed by atoms with Crippen molar-refractivity contribution in [3.63, 3.8) is 0 Å². The summed E-state index contributed by atoms with van der Waals surface area (Å²) in [6, 6.07) is 4.31. The fourth-order valence-electron chi connectivity index (χ4n) is 1.31. The van der Waals surface area contributed by atoms with Gasteiger partial charge in [0.1, 0.15) is 0 Å². The average molecular weight is 271 g/mol. The highest BCUT2D eigenvalue weighted by molar-refractivity contribution is 6.33. The van der Waals surface area contributed by atoms with E-state index in [1.807, 2.05) is 19.0 Å². The molecule has 6 heteroatoms. The smallest absolute Gasteiger partial charge is 0.337 e. The maximum atomic E-state index is 11.5. The Balaban J connectivity index is 2.66. The highest BCUT2D eigenvalue weighted by atomic mass is 35.5. The molecule has 0 aliphatic carbocycles. The molecule has 0 saturated heterocycles. The van der Waals surface area contributed by atoms with E-state index in [0.29, 0.717) is 18.7 Å². The number of carbonyl (C=O) groups is 2. The third-order valence-corrected chi connectivity index (χ3v) is 2.58. The standard InChI is InChI=1S/C12H15ClN2O3/c1-15(2)6-5-11(16)14-8-3-4-9(12(17)18)10(13)7-8/h3-4,7H,5-6H2,1-2H3,(H,14,16)(H,17,18). The largest absolute Gasteiger partial charge is 0.478 e. The molecule has 2 N–H and O–H groups in total. The van der Waals surface area contributed by atoms with Crippen LogP contribution in [0.5, 0.6) is 0 Å². The molecule has 1 amide bonds. The van der Waals surface area contributed by atoms with Gasteiger partial charge >= 0.3 is 5.97 Å². The van der Waals surface area contributed by atoms with Crippen LogP contribution in [0.4, 0.5) is 5.69 Å². The lowest BCUT2D eigenvalue weighted by Crippen LogP contribution is -2.20. The molecule has 0 aromatic heterocycles. The Labute approximate surface area is 110 Å². The zero-order valence-corrected chi connectivity index (χ0v) is 11.0. The molecule has 0 fully saturated rings. The van der Waals surface area contributed by atoms with E-state index in [1.54, 1.807) is 0 Å². The number of nitrogens with zero attached hydrogens (tertiary/aromatic N) is 1. The van der Waals surface area contributed by atoms with Gasteiger partial charge in [0.05, 0.1) is 10.6 Å². The molecule has 5 nitrogen and oxygen atoms in total. The summed E-state index contributed by atoms with van der Waals surface area (Å²) in [5.74, 6) is -1.23. The van der Waals surface area contributed by atoms with E-state index in [0.717, 1.165) is 0 Å². The Morgan fingerprint density at radius 2 is 2.06 bits per heavy atom. The number of nitrogens with one attached hydrogen (secondary N) is 1. The Morgan fingerprint density at radius 1 is 1.39 bits per heavy atom. The number of benzene rings is 1. The van der Waals surface area contributed by atoms with E-state index in [9.17, 15) is 9.59 Å². The lowest BCUT2D eigenvalue weighted by Gasteiger charge is -2.10. The van der Waals surface area contributed by atoms with Crippen LogP contribution in [0.25, 0.3) is 0 Å². The van der Waals surface area contributed by atoms with Gasteiger partial charge in [0, 0.05) is 18.7 Å². The molecule has 1 aromatic rings. The zero-order valence-electron chi connectivity index (χ0n) is 10.2. The van der Waals surface area contributed by atoms with Crippen molar-refractivity contribution >= 4 is 29.2 Å². The number of rotatable bonds is 5. The third-order valence-electron chi connectivity index (χ3n) is 2.27. The summed E-state index contributed by atoms with van der Waals surface area (Å²) in [6.45, 7) is 0.646. The van der Waals surface area contributed by atoms with Crippen molar-refractivity contribution in [3.05, 3.63) is 28.8 Å². The molecular weight excluding hydrogens is 256 g/mol. The summed E-state index contributed by atoms with van der Waals surface area (Å²) >= 11 is 5.79. The molecule has 1 rings (SSSR count). The molecule has 0 spiro atoms. The van der Waals surface area contributed by atoms with E-state index in [-0.39, 0.29) is 16.5 Å². The van der Waals surface area contributed by atoms with Crippen LogP contribution in [0, 0.1) is 0 Å². The van der Waals surface area contributed by atoms with Gasteiger partial charge in [-0.3, -0.25) is 4.79 Å². The molecule has 0 unspecified atom stereocenters. The molecular formula is C12H15ClN2O3. The first-order chi connectivity index (χ1) is 8.40. The van der Waals surface area contributed by atoms with Gasteiger partial charge in [0.2, 0.25) is 5.91 Å². The number of halogens is 1. The second-order valence-corrected chi connectivity index (χ2v) is 4.51. The molecule has 0 saturated carbocycles. The summed E-state index contributed by atoms with van der Waals surface area (Å²) in [7, 11) is 3.76. The topological polar surface area (TPSA) is 69.6 Å². The van der Waals surface area contributed by atoms with Gasteiger partial charge in [-0.25, -0.2) is 4.79 Å². The van der Waals surface area contributed by atoms with Crippen molar-refractivity contribution in [3.8, 4) is 0 Å². The number of hydrogen-bond acceptors (Lipinski definition) is 3. The van der Waals surface area contributed by atoms with Crippen LogP contribution < -0.4 is 5.32 Å². The number of carbonyl (C=O) groups excluding carboxylic acids is 1. The number of hydrogen-bond donors (Lipinski definition) is 2. The highest BCUT2D eigenvalue weighted by Gasteiger charge is 2.10. The van der Waals surface area contributed by atoms with Crippen LogP contribution >= 0.6 is 11.6 Å². The van der Waals surface area contributed by atoms with Crippen molar-refractivity contribution in [1.29, 1.82) is 0 Å². The Kier molecular flexibility index (Phi) is 5.12. The van der Waals surface area contributed by atoms with Crippen molar-refractivity contribution < 1.29 is 14.7 Å². The molecule has 1 aromatic carbocycles. The first kappa shape index (κ1) is 14.5. The van der Waals surface area contributed by atoms with E-state index >= 15 is 0 Å². The summed E-state index contributed by atoms with van der Waals surface area (Å²) in [5.41, 5.74) is 0.511. The number of carboxylic acids is 1. The fourth-order valence-corrected chi connectivity index (χ4v) is 1.58. The second-order valence-electron chi connectivity index (χ2n) is 4.10. The van der Waals surface area contributed by atoms with Crippen LogP contribution in [0.15, 0.2) is 18.2 Å². The lowest BCUT2D eigenvalue weighted by atomic mass is 10.2. The van der Waals surface area contributed by atoms with Crippen LogP contribution in [-0.4, -0.2) is 42.5 Å². The number of anilines is 1. The quantitative estimate of drug-likeness (QED) is 0.858. The molecule has 0 atom stereocenters. The van der Waals surface area contributed by atoms with Crippen LogP contribution in [-0.2, 0) is 4.79 Å². The van der Waals surface area contributed by atoms with E-state index in [4.69, 9.17) is 16.7 Å². The minimum Gasteiger partial charge on any atom is -0.478 e. The van der Waals surface area contributed by atoms with Crippen molar-refractivity contribution in [2.75, 3.05) is 26.0 Å². The maximum absolute atomic E-state index is 11.5. The molecule has 0 aliphatic rings. The Hall–Kier alpha value is -1.59. The van der Waals surface area contributed by atoms with Crippen LogP contribution in [0.2, 0.25) is 5.02 Å². The number of carboxylic acid groups (broad SMARTS) is 1. The molecule has 0 radical (unpaired) electrons. The first-order valence-corrected chi connectivity index (χ1v) is 5.75. The molecule has 98 valence electrons. The van der Waals surface area contributed by atoms with Gasteiger partial charge in [-0.1, -0.05) is 11.6 Å². The molecule has 0 heterocycles. The third kappa shape index (κ3) is 4.35. The average Bonchev–Trinajstić information content (AvgIpc) is 2.26. The zero-order chi connectivity index (χ0) is 13.7. The fraction of sp³-hybridized carbons (Fsp3) is 0.333. The van der Waals surface area contributed by atoms with Gasteiger partial charge in [-0.2, -0.15) is 0 Å². The predicted octanol–water partition coefficient (Wildman–Crippen LogP) is 1.93. The summed E-state index contributed by atoms with van der Waals surface area (Å²) in [4.78, 5) is 24.2. The predicted molar refractivity (Wildman–Crippen MR) is 70.2 cm³/mol. The second kappa shape index (κ2) is 6.37.